The number of sulfone groups is 1. The molecule has 3 saturated heterocycles. The van der Waals surface area contributed by atoms with E-state index >= 15 is 0 Å². The van der Waals surface area contributed by atoms with Crippen LogP contribution in [0.1, 0.15) is 32.1 Å². The Labute approximate surface area is 126 Å². The van der Waals surface area contributed by atoms with Gasteiger partial charge in [0.15, 0.2) is 9.84 Å². The highest BCUT2D eigenvalue weighted by molar-refractivity contribution is 7.91. The summed E-state index contributed by atoms with van der Waals surface area (Å²) in [6.07, 6.45) is 4.45. The van der Waals surface area contributed by atoms with Crippen molar-refractivity contribution in [2.75, 3.05) is 25.1 Å². The Morgan fingerprint density at radius 3 is 2.38 bits per heavy atom. The van der Waals surface area contributed by atoms with Gasteiger partial charge in [0.25, 0.3) is 0 Å². The second kappa shape index (κ2) is 5.52. The van der Waals surface area contributed by atoms with Crippen molar-refractivity contribution in [3.63, 3.8) is 0 Å². The zero-order valence-electron chi connectivity index (χ0n) is 12.4. The van der Waals surface area contributed by atoms with Crippen LogP contribution in [0.3, 0.4) is 0 Å². The molecule has 0 spiro atoms. The molecule has 3 heterocycles. The molecule has 3 aliphatic rings. The third kappa shape index (κ3) is 3.10. The van der Waals surface area contributed by atoms with Crippen LogP contribution in [-0.4, -0.2) is 78.6 Å². The fourth-order valence-corrected chi connectivity index (χ4v) is 5.96. The molecule has 0 amide bonds. The molecule has 0 radical (unpaired) electrons. The molecule has 7 heteroatoms. The monoisotopic (exact) mass is 316 g/mol. The summed E-state index contributed by atoms with van der Waals surface area (Å²) in [7, 11) is -0.912. The van der Waals surface area contributed by atoms with Gasteiger partial charge in [0.05, 0.1) is 17.9 Å². The molecule has 6 nitrogen and oxygen atoms in total. The maximum atomic E-state index is 11.8. The van der Waals surface area contributed by atoms with E-state index in [9.17, 15) is 13.2 Å². The minimum Gasteiger partial charge on any atom is -0.481 e. The number of hydrogen-bond donors (Lipinski definition) is 1. The van der Waals surface area contributed by atoms with Gasteiger partial charge in [-0.05, 0) is 32.7 Å². The molecule has 21 heavy (non-hydrogen) atoms. The molecule has 2 bridgehead atoms. The molecule has 1 N–H and O–H groups in total. The van der Waals surface area contributed by atoms with Gasteiger partial charge >= 0.3 is 5.97 Å². The van der Waals surface area contributed by atoms with E-state index in [1.807, 2.05) is 0 Å². The predicted molar refractivity (Wildman–Crippen MR) is 79.0 cm³/mol. The fraction of sp³-hybridized carbons (Fsp3) is 0.929. The average Bonchev–Trinajstić information content (AvgIpc) is 2.60. The van der Waals surface area contributed by atoms with Crippen molar-refractivity contribution < 1.29 is 18.3 Å². The summed E-state index contributed by atoms with van der Waals surface area (Å²) in [5.41, 5.74) is 0. The Balaban J connectivity index is 1.75. The van der Waals surface area contributed by atoms with Gasteiger partial charge in [-0.3, -0.25) is 9.69 Å². The molecule has 0 aromatic rings. The van der Waals surface area contributed by atoms with E-state index in [-0.39, 0.29) is 24.0 Å². The summed E-state index contributed by atoms with van der Waals surface area (Å²) in [6.45, 7) is 0.494. The molecule has 3 unspecified atom stereocenters. The molecule has 3 aliphatic heterocycles. The average molecular weight is 316 g/mol. The lowest BCUT2D eigenvalue weighted by atomic mass is 9.94. The summed E-state index contributed by atoms with van der Waals surface area (Å²) in [4.78, 5) is 15.7. The second-order valence-corrected chi connectivity index (χ2v) is 9.01. The first-order chi connectivity index (χ1) is 9.85. The van der Waals surface area contributed by atoms with Gasteiger partial charge in [-0.25, -0.2) is 8.42 Å². The summed E-state index contributed by atoms with van der Waals surface area (Å²) in [6, 6.07) is 1.16. The van der Waals surface area contributed by atoms with Gasteiger partial charge in [0.2, 0.25) is 0 Å². The number of carboxylic acid groups (broad SMARTS) is 1. The van der Waals surface area contributed by atoms with Crippen molar-refractivity contribution in [2.24, 2.45) is 0 Å². The number of fused-ring (bicyclic) bond motifs is 2. The van der Waals surface area contributed by atoms with Crippen LogP contribution in [-0.2, 0) is 14.6 Å². The lowest BCUT2D eigenvalue weighted by Gasteiger charge is -2.46. The van der Waals surface area contributed by atoms with Crippen LogP contribution in [0.5, 0.6) is 0 Å². The number of carbonyl (C=O) groups is 1. The number of hydrogen-bond acceptors (Lipinski definition) is 5. The third-order valence-electron chi connectivity index (χ3n) is 5.53. The van der Waals surface area contributed by atoms with E-state index in [1.54, 1.807) is 0 Å². The maximum absolute atomic E-state index is 11.8. The van der Waals surface area contributed by atoms with Crippen LogP contribution in [0.25, 0.3) is 0 Å². The van der Waals surface area contributed by atoms with Gasteiger partial charge in [0.1, 0.15) is 0 Å². The van der Waals surface area contributed by atoms with E-state index < -0.39 is 15.8 Å². The first kappa shape index (κ1) is 15.2. The van der Waals surface area contributed by atoms with Crippen molar-refractivity contribution in [3.8, 4) is 0 Å². The predicted octanol–water partition coefficient (Wildman–Crippen LogP) is 0.185. The highest BCUT2D eigenvalue weighted by Crippen LogP contribution is 2.37. The van der Waals surface area contributed by atoms with Crippen LogP contribution in [0.15, 0.2) is 0 Å². The zero-order valence-corrected chi connectivity index (χ0v) is 13.3. The van der Waals surface area contributed by atoms with E-state index in [4.69, 9.17) is 5.11 Å². The Kier molecular flexibility index (Phi) is 4.00. The van der Waals surface area contributed by atoms with E-state index in [1.165, 1.54) is 12.8 Å². The summed E-state index contributed by atoms with van der Waals surface area (Å²) in [5.74, 6) is -0.732. The van der Waals surface area contributed by atoms with Crippen LogP contribution in [0.4, 0.5) is 0 Å². The SMILES string of the molecule is CN1C2CCC1CC(N1CCS(=O)(=O)CC1CC(=O)O)C2. The Morgan fingerprint density at radius 2 is 1.81 bits per heavy atom. The lowest BCUT2D eigenvalue weighted by molar-refractivity contribution is -0.138. The molecule has 3 fully saturated rings. The first-order valence-corrected chi connectivity index (χ1v) is 9.58. The van der Waals surface area contributed by atoms with Crippen molar-refractivity contribution in [1.82, 2.24) is 9.80 Å². The van der Waals surface area contributed by atoms with Gasteiger partial charge in [0, 0.05) is 30.7 Å². The molecule has 0 aromatic heterocycles. The van der Waals surface area contributed by atoms with E-state index in [0.29, 0.717) is 24.7 Å². The maximum Gasteiger partial charge on any atom is 0.304 e. The summed E-state index contributed by atoms with van der Waals surface area (Å²) < 4.78 is 23.7. The Morgan fingerprint density at radius 1 is 1.19 bits per heavy atom. The van der Waals surface area contributed by atoms with E-state index in [2.05, 4.69) is 16.8 Å². The molecular formula is C14H24N2O4S. The minimum atomic E-state index is -3.09. The van der Waals surface area contributed by atoms with Crippen molar-refractivity contribution in [1.29, 1.82) is 0 Å². The normalized spacial score (nSPS) is 40.2. The first-order valence-electron chi connectivity index (χ1n) is 7.75. The van der Waals surface area contributed by atoms with Crippen molar-refractivity contribution in [3.05, 3.63) is 0 Å². The standard InChI is InChI=1S/C14H24N2O4S/c1-15-10-2-3-11(15)7-12(6-10)16-4-5-21(19,20)9-13(16)8-14(17)18/h10-13H,2-9H2,1H3,(H,17,18). The molecule has 0 saturated carbocycles. The largest absolute Gasteiger partial charge is 0.481 e. The number of piperidine rings is 1. The molecule has 120 valence electrons. The third-order valence-corrected chi connectivity index (χ3v) is 7.23. The topological polar surface area (TPSA) is 77.9 Å². The molecule has 0 aliphatic carbocycles. The highest BCUT2D eigenvalue weighted by atomic mass is 32.2. The molecular weight excluding hydrogens is 292 g/mol. The summed E-state index contributed by atoms with van der Waals surface area (Å²) in [5, 5.41) is 9.08. The fourth-order valence-electron chi connectivity index (χ4n) is 4.41. The van der Waals surface area contributed by atoms with Gasteiger partial charge < -0.3 is 10.0 Å². The summed E-state index contributed by atoms with van der Waals surface area (Å²) >= 11 is 0. The van der Waals surface area contributed by atoms with Crippen molar-refractivity contribution >= 4 is 15.8 Å². The minimum absolute atomic E-state index is 0.000965. The van der Waals surface area contributed by atoms with Gasteiger partial charge in [-0.2, -0.15) is 0 Å². The van der Waals surface area contributed by atoms with Crippen LogP contribution >= 0.6 is 0 Å². The smallest absolute Gasteiger partial charge is 0.304 e. The number of rotatable bonds is 3. The van der Waals surface area contributed by atoms with E-state index in [0.717, 1.165) is 12.8 Å². The van der Waals surface area contributed by atoms with Gasteiger partial charge in [-0.1, -0.05) is 0 Å². The highest BCUT2D eigenvalue weighted by Gasteiger charge is 2.44. The molecule has 3 rings (SSSR count). The Bertz CT molecular complexity index is 507. The second-order valence-electron chi connectivity index (χ2n) is 6.78. The zero-order chi connectivity index (χ0) is 15.2. The van der Waals surface area contributed by atoms with Gasteiger partial charge in [-0.15, -0.1) is 0 Å². The molecule has 3 atom stereocenters. The van der Waals surface area contributed by atoms with Crippen LogP contribution < -0.4 is 0 Å². The number of carboxylic acids is 1. The number of aliphatic carboxylic acids is 1. The number of nitrogens with zero attached hydrogens (tertiary/aromatic N) is 2. The lowest BCUT2D eigenvalue weighted by Crippen LogP contribution is -2.57. The van der Waals surface area contributed by atoms with Crippen molar-refractivity contribution in [2.45, 2.75) is 56.3 Å². The Hall–Kier alpha value is -0.660. The molecule has 0 aromatic carbocycles. The quantitative estimate of drug-likeness (QED) is 0.800. The van der Waals surface area contributed by atoms with Crippen LogP contribution in [0, 0.1) is 0 Å². The van der Waals surface area contributed by atoms with Crippen LogP contribution in [0.2, 0.25) is 0 Å².